The van der Waals surface area contributed by atoms with E-state index in [1.54, 1.807) is 31.4 Å². The Kier molecular flexibility index (Phi) is 8.33. The van der Waals surface area contributed by atoms with Crippen LogP contribution in [0.3, 0.4) is 0 Å². The third-order valence-electron chi connectivity index (χ3n) is 5.45. The smallest absolute Gasteiger partial charge is 0.251 e. The molecule has 3 rings (SSSR count). The largest absolute Gasteiger partial charge is 0.497 e. The van der Waals surface area contributed by atoms with Crippen molar-refractivity contribution in [2.75, 3.05) is 18.2 Å². The first-order valence-electron chi connectivity index (χ1n) is 11.0. The number of methoxy groups -OCH3 is 1. The van der Waals surface area contributed by atoms with E-state index in [0.717, 1.165) is 16.8 Å². The monoisotopic (exact) mass is 481 g/mol. The summed E-state index contributed by atoms with van der Waals surface area (Å²) in [5.74, 6) is 1.28. The zero-order valence-electron chi connectivity index (χ0n) is 20.4. The molecule has 0 fully saturated rings. The Morgan fingerprint density at radius 1 is 1.09 bits per heavy atom. The Morgan fingerprint density at radius 2 is 1.79 bits per heavy atom. The molecule has 0 saturated carbocycles. The van der Waals surface area contributed by atoms with E-state index in [-0.39, 0.29) is 29.5 Å². The van der Waals surface area contributed by atoms with Gasteiger partial charge in [-0.05, 0) is 61.2 Å². The van der Waals surface area contributed by atoms with Gasteiger partial charge < -0.3 is 19.9 Å². The van der Waals surface area contributed by atoms with Gasteiger partial charge in [0.05, 0.1) is 18.9 Å². The molecule has 0 aliphatic rings. The minimum Gasteiger partial charge on any atom is -0.497 e. The number of rotatable bonds is 9. The zero-order valence-corrected chi connectivity index (χ0v) is 21.2. The molecule has 180 valence electrons. The average Bonchev–Trinajstić information content (AvgIpc) is 3.18. The van der Waals surface area contributed by atoms with Gasteiger partial charge in [0, 0.05) is 18.3 Å². The Labute approximate surface area is 204 Å². The van der Waals surface area contributed by atoms with Crippen LogP contribution in [-0.2, 0) is 11.8 Å². The van der Waals surface area contributed by atoms with Crippen LogP contribution in [-0.4, -0.2) is 39.4 Å². The molecule has 0 radical (unpaired) electrons. The molecule has 34 heavy (non-hydrogen) atoms. The number of amides is 2. The second-order valence-corrected chi connectivity index (χ2v) is 9.42. The van der Waals surface area contributed by atoms with Gasteiger partial charge in [-0.3, -0.25) is 9.59 Å². The summed E-state index contributed by atoms with van der Waals surface area (Å²) < 4.78 is 6.98. The SMILES string of the molecule is COc1ccc(C(=O)N[C@@H](c2nnc(SCC(=O)Nc3cc(C)ccc3C)n2C)C(C)C)cc1. The van der Waals surface area contributed by atoms with Crippen molar-refractivity contribution in [1.82, 2.24) is 20.1 Å². The molecule has 0 unspecified atom stereocenters. The highest BCUT2D eigenvalue weighted by atomic mass is 32.2. The quantitative estimate of drug-likeness (QED) is 0.442. The maximum atomic E-state index is 12.8. The fourth-order valence-corrected chi connectivity index (χ4v) is 4.12. The fourth-order valence-electron chi connectivity index (χ4n) is 3.41. The van der Waals surface area contributed by atoms with Gasteiger partial charge in [-0.2, -0.15) is 0 Å². The van der Waals surface area contributed by atoms with Crippen LogP contribution in [0.25, 0.3) is 0 Å². The Morgan fingerprint density at radius 3 is 2.44 bits per heavy atom. The summed E-state index contributed by atoms with van der Waals surface area (Å²) in [6, 6.07) is 12.6. The number of nitrogens with one attached hydrogen (secondary N) is 2. The molecular formula is C25H31N5O3S. The molecule has 2 amide bonds. The van der Waals surface area contributed by atoms with Crippen LogP contribution >= 0.6 is 11.8 Å². The van der Waals surface area contributed by atoms with Gasteiger partial charge in [-0.15, -0.1) is 10.2 Å². The summed E-state index contributed by atoms with van der Waals surface area (Å²) in [5, 5.41) is 15.2. The maximum absolute atomic E-state index is 12.8. The number of nitrogens with zero attached hydrogens (tertiary/aromatic N) is 3. The summed E-state index contributed by atoms with van der Waals surface area (Å²) in [4.78, 5) is 25.3. The first kappa shape index (κ1) is 25.3. The number of carbonyl (C=O) groups is 2. The predicted octanol–water partition coefficient (Wildman–Crippen LogP) is 4.30. The topological polar surface area (TPSA) is 98.1 Å². The molecule has 2 aromatic carbocycles. The van der Waals surface area contributed by atoms with Gasteiger partial charge in [0.1, 0.15) is 5.75 Å². The minimum atomic E-state index is -0.342. The summed E-state index contributed by atoms with van der Waals surface area (Å²) in [7, 11) is 3.43. The molecule has 0 aliphatic heterocycles. The predicted molar refractivity (Wildman–Crippen MR) is 134 cm³/mol. The molecule has 2 N–H and O–H groups in total. The maximum Gasteiger partial charge on any atom is 0.251 e. The average molecular weight is 482 g/mol. The minimum absolute atomic E-state index is 0.0792. The van der Waals surface area contributed by atoms with Crippen LogP contribution in [0, 0.1) is 19.8 Å². The fraction of sp³-hybridized carbons (Fsp3) is 0.360. The van der Waals surface area contributed by atoms with Gasteiger partial charge in [-0.25, -0.2) is 0 Å². The zero-order chi connectivity index (χ0) is 24.8. The molecule has 1 atom stereocenters. The molecule has 0 spiro atoms. The van der Waals surface area contributed by atoms with Crippen molar-refractivity contribution in [3.8, 4) is 5.75 Å². The van der Waals surface area contributed by atoms with Crippen molar-refractivity contribution in [1.29, 1.82) is 0 Å². The van der Waals surface area contributed by atoms with Crippen molar-refractivity contribution in [3.05, 3.63) is 65.0 Å². The van der Waals surface area contributed by atoms with Crippen LogP contribution < -0.4 is 15.4 Å². The normalized spacial score (nSPS) is 11.9. The molecule has 0 aliphatic carbocycles. The van der Waals surface area contributed by atoms with Crippen molar-refractivity contribution >= 4 is 29.3 Å². The lowest BCUT2D eigenvalue weighted by Gasteiger charge is -2.21. The number of anilines is 1. The van der Waals surface area contributed by atoms with Gasteiger partial charge in [-0.1, -0.05) is 37.7 Å². The van der Waals surface area contributed by atoms with E-state index >= 15 is 0 Å². The van der Waals surface area contributed by atoms with E-state index in [0.29, 0.717) is 22.3 Å². The van der Waals surface area contributed by atoms with E-state index in [4.69, 9.17) is 4.74 Å². The number of benzene rings is 2. The van der Waals surface area contributed by atoms with Gasteiger partial charge in [0.2, 0.25) is 5.91 Å². The van der Waals surface area contributed by atoms with E-state index in [1.807, 2.05) is 57.5 Å². The van der Waals surface area contributed by atoms with Crippen molar-refractivity contribution in [3.63, 3.8) is 0 Å². The van der Waals surface area contributed by atoms with Crippen LogP contribution in [0.1, 0.15) is 47.2 Å². The number of hydrogen-bond donors (Lipinski definition) is 2. The van der Waals surface area contributed by atoms with Gasteiger partial charge in [0.15, 0.2) is 11.0 Å². The molecule has 3 aromatic rings. The summed E-state index contributed by atoms with van der Waals surface area (Å²) in [5.41, 5.74) is 3.44. The number of ether oxygens (including phenoxy) is 1. The highest BCUT2D eigenvalue weighted by Crippen LogP contribution is 2.25. The highest BCUT2D eigenvalue weighted by Gasteiger charge is 2.25. The Bertz CT molecular complexity index is 1160. The molecule has 0 saturated heterocycles. The lowest BCUT2D eigenvalue weighted by molar-refractivity contribution is -0.113. The van der Waals surface area contributed by atoms with Crippen LogP contribution in [0.2, 0.25) is 0 Å². The Hall–Kier alpha value is -3.33. The molecule has 8 nitrogen and oxygen atoms in total. The third-order valence-corrected chi connectivity index (χ3v) is 6.47. The number of thioether (sulfide) groups is 1. The number of hydrogen-bond acceptors (Lipinski definition) is 6. The molecule has 0 bridgehead atoms. The number of aryl methyl sites for hydroxylation is 2. The highest BCUT2D eigenvalue weighted by molar-refractivity contribution is 7.99. The standard InChI is InChI=1S/C25H31N5O3S/c1-15(2)22(27-24(32)18-9-11-19(33-6)12-10-18)23-28-29-25(30(23)5)34-14-21(31)26-20-13-16(3)7-8-17(20)4/h7-13,15,22H,14H2,1-6H3,(H,26,31)(H,27,32)/t22-/m1/s1. The van der Waals surface area contributed by atoms with E-state index < -0.39 is 0 Å². The van der Waals surface area contributed by atoms with Crippen LogP contribution in [0.15, 0.2) is 47.6 Å². The third kappa shape index (κ3) is 6.17. The summed E-state index contributed by atoms with van der Waals surface area (Å²) in [6.45, 7) is 7.98. The molecule has 1 aromatic heterocycles. The van der Waals surface area contributed by atoms with E-state index in [2.05, 4.69) is 20.8 Å². The van der Waals surface area contributed by atoms with Crippen molar-refractivity contribution in [2.24, 2.45) is 13.0 Å². The van der Waals surface area contributed by atoms with Gasteiger partial charge >= 0.3 is 0 Å². The van der Waals surface area contributed by atoms with E-state index in [1.165, 1.54) is 11.8 Å². The number of aromatic nitrogens is 3. The second-order valence-electron chi connectivity index (χ2n) is 8.48. The molecular weight excluding hydrogens is 450 g/mol. The second kappa shape index (κ2) is 11.2. The van der Waals surface area contributed by atoms with E-state index in [9.17, 15) is 9.59 Å². The van der Waals surface area contributed by atoms with Crippen molar-refractivity contribution in [2.45, 2.75) is 38.9 Å². The molecule has 1 heterocycles. The van der Waals surface area contributed by atoms with Gasteiger partial charge in [0.25, 0.3) is 5.91 Å². The van der Waals surface area contributed by atoms with Crippen molar-refractivity contribution < 1.29 is 14.3 Å². The summed E-state index contributed by atoms with van der Waals surface area (Å²) >= 11 is 1.30. The first-order chi connectivity index (χ1) is 16.2. The first-order valence-corrected chi connectivity index (χ1v) is 12.0. The lowest BCUT2D eigenvalue weighted by Crippen LogP contribution is -2.33. The molecule has 9 heteroatoms. The van der Waals surface area contributed by atoms with Crippen LogP contribution in [0.4, 0.5) is 5.69 Å². The summed E-state index contributed by atoms with van der Waals surface area (Å²) in [6.07, 6.45) is 0. The lowest BCUT2D eigenvalue weighted by atomic mass is 10.0. The Balaban J connectivity index is 1.66. The number of carbonyl (C=O) groups excluding carboxylic acids is 2. The van der Waals surface area contributed by atoms with Crippen LogP contribution in [0.5, 0.6) is 5.75 Å².